The lowest BCUT2D eigenvalue weighted by molar-refractivity contribution is -0.391. The summed E-state index contributed by atoms with van der Waals surface area (Å²) < 4.78 is 2.83. The molecule has 0 aliphatic heterocycles. The lowest BCUT2D eigenvalue weighted by Gasteiger charge is -1.98. The first-order valence-electron chi connectivity index (χ1n) is 6.24. The van der Waals surface area contributed by atoms with Crippen LogP contribution in [0.4, 0.5) is 5.82 Å². The normalized spacial score (nSPS) is 12.7. The lowest BCUT2D eigenvalue weighted by Crippen LogP contribution is -2.04. The number of imidazole rings is 1. The molecule has 9 heteroatoms. The van der Waals surface area contributed by atoms with Gasteiger partial charge >= 0.3 is 5.82 Å². The number of hydrogen-bond donors (Lipinski definition) is 1. The third kappa shape index (κ3) is 2.34. The molecule has 1 atom stereocenters. The van der Waals surface area contributed by atoms with Crippen molar-refractivity contribution in [1.82, 2.24) is 24.4 Å². The number of nitrogens with zero attached hydrogens (tertiary/aromatic N) is 6. The van der Waals surface area contributed by atoms with Gasteiger partial charge in [-0.15, -0.1) is 5.10 Å². The summed E-state index contributed by atoms with van der Waals surface area (Å²) in [5, 5.41) is 28.3. The van der Waals surface area contributed by atoms with Crippen LogP contribution in [0.15, 0.2) is 30.6 Å². The zero-order chi connectivity index (χ0) is 15.0. The van der Waals surface area contributed by atoms with E-state index in [0.717, 1.165) is 0 Å². The average Bonchev–Trinajstić information content (AvgIpc) is 3.02. The van der Waals surface area contributed by atoms with Crippen LogP contribution in [0.5, 0.6) is 0 Å². The zero-order valence-electron chi connectivity index (χ0n) is 11.1. The Morgan fingerprint density at radius 2 is 2.29 bits per heavy atom. The van der Waals surface area contributed by atoms with Crippen molar-refractivity contribution in [2.75, 3.05) is 0 Å². The van der Waals surface area contributed by atoms with Gasteiger partial charge in [-0.1, -0.05) is 11.3 Å². The number of nitro groups is 1. The maximum absolute atomic E-state index is 11.3. The van der Waals surface area contributed by atoms with Gasteiger partial charge < -0.3 is 15.2 Å². The fourth-order valence-corrected chi connectivity index (χ4v) is 2.07. The summed E-state index contributed by atoms with van der Waals surface area (Å²) in [4.78, 5) is 15.0. The summed E-state index contributed by atoms with van der Waals surface area (Å²) in [5.74, 6) is -0.0975. The standard InChI is InChI=1S/C12H12N6O3/c1-8(19)9-6-16(15-14-9)7-10-12(18(20)21)17-5-3-2-4-11(17)13-10/h2-6,8,19H,7H2,1H3. The van der Waals surface area contributed by atoms with Gasteiger partial charge in [0.1, 0.15) is 5.69 Å². The van der Waals surface area contributed by atoms with E-state index < -0.39 is 11.0 Å². The highest BCUT2D eigenvalue weighted by atomic mass is 16.6. The first-order chi connectivity index (χ1) is 10.1. The highest BCUT2D eigenvalue weighted by Crippen LogP contribution is 2.21. The van der Waals surface area contributed by atoms with Crippen molar-refractivity contribution in [3.63, 3.8) is 0 Å². The highest BCUT2D eigenvalue weighted by Gasteiger charge is 2.22. The first-order valence-corrected chi connectivity index (χ1v) is 6.24. The van der Waals surface area contributed by atoms with Crippen molar-refractivity contribution in [3.8, 4) is 0 Å². The van der Waals surface area contributed by atoms with Gasteiger partial charge in [0.25, 0.3) is 0 Å². The minimum absolute atomic E-state index is 0.0975. The second-order valence-electron chi connectivity index (χ2n) is 4.59. The Labute approximate surface area is 118 Å². The summed E-state index contributed by atoms with van der Waals surface area (Å²) in [6, 6.07) is 5.16. The molecule has 0 radical (unpaired) electrons. The minimum Gasteiger partial charge on any atom is -0.387 e. The fourth-order valence-electron chi connectivity index (χ4n) is 2.07. The maximum Gasteiger partial charge on any atom is 0.353 e. The van der Waals surface area contributed by atoms with Gasteiger partial charge in [-0.2, -0.15) is 4.40 Å². The number of aliphatic hydroxyl groups excluding tert-OH is 1. The molecule has 3 aromatic heterocycles. The summed E-state index contributed by atoms with van der Waals surface area (Å²) in [5.41, 5.74) is 1.18. The minimum atomic E-state index is -0.741. The van der Waals surface area contributed by atoms with Crippen LogP contribution in [-0.2, 0) is 6.54 Å². The number of fused-ring (bicyclic) bond motifs is 1. The molecule has 108 valence electrons. The van der Waals surface area contributed by atoms with Crippen LogP contribution >= 0.6 is 0 Å². The maximum atomic E-state index is 11.3. The van der Waals surface area contributed by atoms with Crippen molar-refractivity contribution in [2.45, 2.75) is 19.6 Å². The van der Waals surface area contributed by atoms with E-state index in [4.69, 9.17) is 0 Å². The van der Waals surface area contributed by atoms with Crippen LogP contribution < -0.4 is 0 Å². The van der Waals surface area contributed by atoms with Crippen LogP contribution in [0.3, 0.4) is 0 Å². The van der Waals surface area contributed by atoms with Crippen LogP contribution in [0.2, 0.25) is 0 Å². The van der Waals surface area contributed by atoms with Crippen LogP contribution in [-0.4, -0.2) is 34.4 Å². The van der Waals surface area contributed by atoms with Crippen molar-refractivity contribution < 1.29 is 10.0 Å². The largest absolute Gasteiger partial charge is 0.387 e. The number of aromatic nitrogens is 5. The molecule has 3 heterocycles. The van der Waals surface area contributed by atoms with Crippen LogP contribution in [0, 0.1) is 10.1 Å². The van der Waals surface area contributed by atoms with Crippen LogP contribution in [0.25, 0.3) is 5.65 Å². The molecule has 0 saturated carbocycles. The molecule has 0 aliphatic rings. The number of pyridine rings is 1. The van der Waals surface area contributed by atoms with E-state index in [0.29, 0.717) is 11.3 Å². The predicted molar refractivity (Wildman–Crippen MR) is 71.6 cm³/mol. The molecule has 0 spiro atoms. The highest BCUT2D eigenvalue weighted by molar-refractivity contribution is 5.48. The third-order valence-electron chi connectivity index (χ3n) is 3.04. The fraction of sp³-hybridized carbons (Fsp3) is 0.250. The molecule has 0 aliphatic carbocycles. The molecule has 3 aromatic rings. The van der Waals surface area contributed by atoms with E-state index in [9.17, 15) is 15.2 Å². The quantitative estimate of drug-likeness (QED) is 0.564. The second kappa shape index (κ2) is 4.94. The summed E-state index contributed by atoms with van der Waals surface area (Å²) in [6.45, 7) is 1.68. The van der Waals surface area contributed by atoms with Crippen molar-refractivity contribution in [1.29, 1.82) is 0 Å². The Hall–Kier alpha value is -2.81. The molecule has 0 bridgehead atoms. The van der Waals surface area contributed by atoms with Gasteiger partial charge in [-0.3, -0.25) is 0 Å². The van der Waals surface area contributed by atoms with Gasteiger partial charge in [0.05, 0.1) is 25.0 Å². The molecular weight excluding hydrogens is 276 g/mol. The van der Waals surface area contributed by atoms with Gasteiger partial charge in [-0.05, 0) is 17.9 Å². The van der Waals surface area contributed by atoms with Gasteiger partial charge in [0.15, 0.2) is 5.69 Å². The molecule has 3 rings (SSSR count). The van der Waals surface area contributed by atoms with E-state index in [1.54, 1.807) is 37.5 Å². The monoisotopic (exact) mass is 288 g/mol. The van der Waals surface area contributed by atoms with Gasteiger partial charge in [0, 0.05) is 6.07 Å². The van der Waals surface area contributed by atoms with E-state index in [2.05, 4.69) is 15.3 Å². The number of hydrogen-bond acceptors (Lipinski definition) is 6. The summed E-state index contributed by atoms with van der Waals surface area (Å²) >= 11 is 0. The molecule has 9 nitrogen and oxygen atoms in total. The SMILES string of the molecule is CC(O)c1cn(Cc2nc3ccccn3c2[N+](=O)[O-])nn1. The molecular formula is C12H12N6O3. The average molecular weight is 288 g/mol. The van der Waals surface area contributed by atoms with E-state index in [1.807, 2.05) is 0 Å². The molecule has 1 unspecified atom stereocenters. The van der Waals surface area contributed by atoms with Crippen molar-refractivity contribution in [3.05, 3.63) is 52.1 Å². The number of aliphatic hydroxyl groups is 1. The van der Waals surface area contributed by atoms with Crippen molar-refractivity contribution >= 4 is 11.5 Å². The Morgan fingerprint density at radius 3 is 2.95 bits per heavy atom. The Bertz CT molecular complexity index is 806. The molecule has 0 aromatic carbocycles. The van der Waals surface area contributed by atoms with Gasteiger partial charge in [0.2, 0.25) is 5.65 Å². The summed E-state index contributed by atoms with van der Waals surface area (Å²) in [7, 11) is 0. The van der Waals surface area contributed by atoms with Crippen molar-refractivity contribution in [2.24, 2.45) is 0 Å². The van der Waals surface area contributed by atoms with Gasteiger partial charge in [-0.25, -0.2) is 9.67 Å². The number of rotatable bonds is 4. The van der Waals surface area contributed by atoms with Crippen LogP contribution in [0.1, 0.15) is 24.4 Å². The third-order valence-corrected chi connectivity index (χ3v) is 3.04. The summed E-state index contributed by atoms with van der Waals surface area (Å²) in [6.07, 6.45) is 2.39. The Kier molecular flexibility index (Phi) is 3.10. The Balaban J connectivity index is 2.03. The predicted octanol–water partition coefficient (Wildman–Crippen LogP) is 0.936. The topological polar surface area (TPSA) is 111 Å². The van der Waals surface area contributed by atoms with E-state index >= 15 is 0 Å². The Morgan fingerprint density at radius 1 is 1.48 bits per heavy atom. The zero-order valence-corrected chi connectivity index (χ0v) is 11.1. The molecule has 0 saturated heterocycles. The molecule has 0 amide bonds. The molecule has 21 heavy (non-hydrogen) atoms. The lowest BCUT2D eigenvalue weighted by atomic mass is 10.3. The first kappa shape index (κ1) is 13.2. The van der Waals surface area contributed by atoms with E-state index in [1.165, 1.54) is 9.08 Å². The van der Waals surface area contributed by atoms with E-state index in [-0.39, 0.29) is 18.1 Å². The molecule has 0 fully saturated rings. The second-order valence-corrected chi connectivity index (χ2v) is 4.59. The molecule has 1 N–H and O–H groups in total. The smallest absolute Gasteiger partial charge is 0.353 e.